The van der Waals surface area contributed by atoms with Crippen molar-refractivity contribution in [2.75, 3.05) is 26.1 Å². The smallest absolute Gasteiger partial charge is 0.407 e. The Hall–Kier alpha value is -5.98. The summed E-state index contributed by atoms with van der Waals surface area (Å²) in [5.41, 5.74) is 10.2. The predicted octanol–water partition coefficient (Wildman–Crippen LogP) is 9.21. The van der Waals surface area contributed by atoms with Crippen molar-refractivity contribution < 1.29 is 33.4 Å². The molecular formula is C52H64N6O7. The van der Waals surface area contributed by atoms with Gasteiger partial charge in [0.05, 0.1) is 32.2 Å². The van der Waals surface area contributed by atoms with Crippen LogP contribution in [0.25, 0.3) is 33.5 Å². The summed E-state index contributed by atoms with van der Waals surface area (Å²) in [7, 11) is 2.58. The number of amides is 4. The summed E-state index contributed by atoms with van der Waals surface area (Å²) in [6.07, 6.45) is 11.3. The molecule has 1 aliphatic heterocycles. The molecular weight excluding hydrogens is 821 g/mol. The lowest BCUT2D eigenvalue weighted by molar-refractivity contribution is -0.139. The van der Waals surface area contributed by atoms with Crippen LogP contribution in [0.5, 0.6) is 0 Å². The number of ketones is 1. The summed E-state index contributed by atoms with van der Waals surface area (Å²) in [5, 5.41) is 8.54. The lowest BCUT2D eigenvalue weighted by Gasteiger charge is -2.30. The number of H-pyrrole nitrogens is 1. The number of alkyl carbamates (subject to hydrolysis) is 2. The van der Waals surface area contributed by atoms with Gasteiger partial charge >= 0.3 is 12.2 Å². The number of ether oxygens (including phenoxy) is 2. The Bertz CT molecular complexity index is 2420. The number of anilines is 1. The van der Waals surface area contributed by atoms with Gasteiger partial charge in [-0.05, 0) is 120 Å². The Balaban J connectivity index is 1.01. The number of fused-ring (bicyclic) bond motifs is 1. The van der Waals surface area contributed by atoms with Gasteiger partial charge in [-0.15, -0.1) is 0 Å². The first kappa shape index (κ1) is 45.6. The highest BCUT2D eigenvalue weighted by Gasteiger charge is 2.43. The second kappa shape index (κ2) is 19.2. The van der Waals surface area contributed by atoms with Crippen molar-refractivity contribution >= 4 is 35.5 Å². The third-order valence-corrected chi connectivity index (χ3v) is 14.6. The second-order valence-corrected chi connectivity index (χ2v) is 19.5. The van der Waals surface area contributed by atoms with E-state index in [-0.39, 0.29) is 46.7 Å². The summed E-state index contributed by atoms with van der Waals surface area (Å²) in [6.45, 7) is 8.03. The average molecular weight is 885 g/mol. The van der Waals surface area contributed by atoms with Gasteiger partial charge in [0, 0.05) is 24.1 Å². The molecule has 4 aliphatic rings. The maximum absolute atomic E-state index is 13.9. The normalized spacial score (nSPS) is 20.7. The lowest BCUT2D eigenvalue weighted by atomic mass is 9.82. The molecule has 5 atom stereocenters. The number of methoxy groups -OCH3 is 2. The van der Waals surface area contributed by atoms with E-state index in [1.165, 1.54) is 62.2 Å². The van der Waals surface area contributed by atoms with Crippen molar-refractivity contribution in [1.29, 1.82) is 0 Å². The molecule has 1 spiro atoms. The molecule has 3 aliphatic carbocycles. The number of hydrogen-bond donors (Lipinski definition) is 4. The first-order valence-corrected chi connectivity index (χ1v) is 23.5. The first-order chi connectivity index (χ1) is 31.3. The van der Waals surface area contributed by atoms with Crippen LogP contribution in [0.4, 0.5) is 15.3 Å². The van der Waals surface area contributed by atoms with Crippen LogP contribution >= 0.6 is 0 Å². The molecule has 13 nitrogen and oxygen atoms in total. The minimum absolute atomic E-state index is 0.0291. The van der Waals surface area contributed by atoms with E-state index in [1.54, 1.807) is 4.90 Å². The summed E-state index contributed by atoms with van der Waals surface area (Å²) < 4.78 is 9.58. The van der Waals surface area contributed by atoms with E-state index in [1.807, 2.05) is 52.1 Å². The van der Waals surface area contributed by atoms with Crippen molar-refractivity contribution in [3.63, 3.8) is 0 Å². The van der Waals surface area contributed by atoms with E-state index in [0.717, 1.165) is 60.3 Å². The molecule has 13 heteroatoms. The molecule has 0 bridgehead atoms. The lowest BCUT2D eigenvalue weighted by Crippen LogP contribution is -2.54. The van der Waals surface area contributed by atoms with Gasteiger partial charge in [-0.25, -0.2) is 14.6 Å². The topological polar surface area (TPSA) is 172 Å². The van der Waals surface area contributed by atoms with Gasteiger partial charge in [-0.3, -0.25) is 14.4 Å². The maximum Gasteiger partial charge on any atom is 0.407 e. The fourth-order valence-corrected chi connectivity index (χ4v) is 11.2. The minimum Gasteiger partial charge on any atom is -0.453 e. The average Bonchev–Trinajstić information content (AvgIpc) is 4.17. The van der Waals surface area contributed by atoms with Crippen LogP contribution in [0.3, 0.4) is 0 Å². The molecule has 8 rings (SSSR count). The molecule has 344 valence electrons. The van der Waals surface area contributed by atoms with Crippen molar-refractivity contribution in [3.05, 3.63) is 83.8 Å². The maximum atomic E-state index is 13.9. The summed E-state index contributed by atoms with van der Waals surface area (Å²) in [5.74, 6) is -0.233. The number of Topliss-reactive ketones (excluding diaryl/α,β-unsaturated/α-hetero) is 1. The van der Waals surface area contributed by atoms with Crippen molar-refractivity contribution in [2.45, 2.75) is 122 Å². The van der Waals surface area contributed by atoms with E-state index < -0.39 is 30.3 Å². The zero-order valence-corrected chi connectivity index (χ0v) is 38.6. The number of aromatic nitrogens is 2. The van der Waals surface area contributed by atoms with Crippen molar-refractivity contribution in [2.24, 2.45) is 23.2 Å². The monoisotopic (exact) mass is 884 g/mol. The molecule has 3 aromatic carbocycles. The number of likely N-dealkylation sites (tertiary alicyclic amines) is 1. The number of nitrogens with one attached hydrogen (secondary N) is 4. The Labute approximate surface area is 382 Å². The Morgan fingerprint density at radius 1 is 0.738 bits per heavy atom. The molecule has 1 aromatic heterocycles. The van der Waals surface area contributed by atoms with E-state index >= 15 is 0 Å². The fourth-order valence-electron chi connectivity index (χ4n) is 11.2. The number of imidazole rings is 1. The number of nitrogens with zero attached hydrogens (tertiary/aromatic N) is 2. The number of benzene rings is 3. The van der Waals surface area contributed by atoms with Crippen LogP contribution < -0.4 is 16.0 Å². The number of carbonyl (C=O) groups excluding carboxylic acids is 5. The highest BCUT2D eigenvalue weighted by atomic mass is 16.5. The molecule has 65 heavy (non-hydrogen) atoms. The molecule has 2 heterocycles. The van der Waals surface area contributed by atoms with Crippen LogP contribution in [0.1, 0.15) is 108 Å². The standard InChI is InChI=1S/C52H64N6O7/c1-30(2)44(56-50(62)64-5)46(59)38-14-10-15-39(38)47-53-29-42(55-47)33-19-17-32(18-20-33)36-21-22-37(41-28-52(27-40(36)41)23-7-8-24-52)34-12-9-13-35(26-34)54-48(60)43-16-11-25-58(43)49(61)45(31(3)4)57-51(63)65-6/h9,12-13,17-22,26,29-31,38-39,43-45H,7-8,10-11,14-16,23-25,27-28H2,1-6H3,(H,53,55)(H,54,60)(H,56,62)(H,57,63)/t38?,39-,43+,44+,45+/m1/s1. The number of hydrogen-bond acceptors (Lipinski definition) is 8. The minimum atomic E-state index is -0.798. The summed E-state index contributed by atoms with van der Waals surface area (Å²) in [4.78, 5) is 75.4. The number of carbonyl (C=O) groups is 5. The fraction of sp³-hybridized carbons (Fsp3) is 0.500. The molecule has 3 fully saturated rings. The Morgan fingerprint density at radius 3 is 2.02 bits per heavy atom. The van der Waals surface area contributed by atoms with Gasteiger partial charge in [-0.1, -0.05) is 95.5 Å². The van der Waals surface area contributed by atoms with Crippen molar-refractivity contribution in [1.82, 2.24) is 25.5 Å². The molecule has 1 saturated heterocycles. The Kier molecular flexibility index (Phi) is 13.5. The predicted molar refractivity (Wildman–Crippen MR) is 250 cm³/mol. The van der Waals surface area contributed by atoms with Crippen LogP contribution in [0.2, 0.25) is 0 Å². The highest BCUT2D eigenvalue weighted by Crippen LogP contribution is 2.53. The van der Waals surface area contributed by atoms with Crippen LogP contribution in [-0.4, -0.2) is 83.5 Å². The first-order valence-electron chi connectivity index (χ1n) is 23.5. The highest BCUT2D eigenvalue weighted by molar-refractivity contribution is 5.99. The zero-order chi connectivity index (χ0) is 46.0. The largest absolute Gasteiger partial charge is 0.453 e. The number of aromatic amines is 1. The third-order valence-electron chi connectivity index (χ3n) is 14.6. The molecule has 0 radical (unpaired) electrons. The Morgan fingerprint density at radius 2 is 1.37 bits per heavy atom. The summed E-state index contributed by atoms with van der Waals surface area (Å²) >= 11 is 0. The van der Waals surface area contributed by atoms with E-state index in [4.69, 9.17) is 14.5 Å². The molecule has 4 amide bonds. The van der Waals surface area contributed by atoms with Gasteiger partial charge in [0.15, 0.2) is 5.78 Å². The van der Waals surface area contributed by atoms with Gasteiger partial charge in [0.1, 0.15) is 17.9 Å². The van der Waals surface area contributed by atoms with Crippen LogP contribution in [0, 0.1) is 23.2 Å². The third kappa shape index (κ3) is 9.42. The van der Waals surface area contributed by atoms with Crippen molar-refractivity contribution in [3.8, 4) is 33.5 Å². The van der Waals surface area contributed by atoms with Gasteiger partial charge in [0.25, 0.3) is 0 Å². The SMILES string of the molecule is COC(=O)N[C@H](C(=O)C1CCC[C@H]1c1ncc(-c2ccc(-c3ccc(-c4cccc(NC(=O)[C@@H]5CCCN5C(=O)[C@@H](NC(=O)OC)C(C)C)c4)c4c3CC3(CCCC3)C4)cc2)[nH]1)C(C)C. The molecule has 1 unspecified atom stereocenters. The summed E-state index contributed by atoms with van der Waals surface area (Å²) in [6, 6.07) is 19.1. The second-order valence-electron chi connectivity index (χ2n) is 19.5. The molecule has 4 aromatic rings. The van der Waals surface area contributed by atoms with Gasteiger partial charge in [0.2, 0.25) is 11.8 Å². The van der Waals surface area contributed by atoms with Crippen LogP contribution in [-0.2, 0) is 36.7 Å². The van der Waals surface area contributed by atoms with Gasteiger partial charge in [-0.2, -0.15) is 0 Å². The van der Waals surface area contributed by atoms with Gasteiger partial charge < -0.3 is 35.3 Å². The van der Waals surface area contributed by atoms with E-state index in [0.29, 0.717) is 25.1 Å². The van der Waals surface area contributed by atoms with E-state index in [9.17, 15) is 24.0 Å². The number of rotatable bonds is 13. The van der Waals surface area contributed by atoms with Crippen LogP contribution in [0.15, 0.2) is 66.9 Å². The molecule has 2 saturated carbocycles. The molecule has 4 N–H and O–H groups in total. The quantitative estimate of drug-likeness (QED) is 0.103. The van der Waals surface area contributed by atoms with E-state index in [2.05, 4.69) is 63.4 Å². The zero-order valence-electron chi connectivity index (χ0n) is 38.6.